The minimum absolute atomic E-state index is 0.169. The number of carbonyl (C=O) groups is 1. The summed E-state index contributed by atoms with van der Waals surface area (Å²) in [6, 6.07) is -0.726. The molecule has 0 bridgehead atoms. The van der Waals surface area contributed by atoms with E-state index in [4.69, 9.17) is 6.11 Å². The van der Waals surface area contributed by atoms with E-state index in [2.05, 4.69) is 5.32 Å². The summed E-state index contributed by atoms with van der Waals surface area (Å²) in [5.74, 6) is -1.66. The molecule has 0 aromatic rings. The van der Waals surface area contributed by atoms with Crippen LogP contribution in [0.1, 0.15) is 28.5 Å². The van der Waals surface area contributed by atoms with Gasteiger partial charge in [-0.05, 0) is 26.3 Å². The molecule has 124 valence electrons. The maximum Gasteiger partial charge on any atom is 0.333 e. The van der Waals surface area contributed by atoms with E-state index in [1.54, 1.807) is 7.05 Å². The van der Waals surface area contributed by atoms with Gasteiger partial charge in [-0.3, -0.25) is 0 Å². The van der Waals surface area contributed by atoms with Gasteiger partial charge in [0.15, 0.2) is 6.10 Å². The average Bonchev–Trinajstić information content (AvgIpc) is 2.46. The first-order valence-corrected chi connectivity index (χ1v) is 7.13. The highest BCUT2D eigenvalue weighted by molar-refractivity contribution is 5.73. The lowest BCUT2D eigenvalue weighted by molar-refractivity contribution is -0.211. The lowest BCUT2D eigenvalue weighted by Crippen LogP contribution is -2.65. The van der Waals surface area contributed by atoms with Crippen molar-refractivity contribution in [2.45, 2.75) is 63.7 Å². The first-order valence-electron chi connectivity index (χ1n) is 7.84. The second-order valence-corrected chi connectivity index (χ2v) is 6.02. The molecule has 1 aliphatic rings. The average molecular weight is 306 g/mol. The highest BCUT2D eigenvalue weighted by Crippen LogP contribution is 2.32. The number of carboxylic acids is 1. The first-order chi connectivity index (χ1) is 10.2. The van der Waals surface area contributed by atoms with E-state index in [0.29, 0.717) is 6.42 Å². The molecule has 1 aliphatic heterocycles. The van der Waals surface area contributed by atoms with Crippen LogP contribution in [0, 0.1) is 11.8 Å². The Bertz CT molecular complexity index is 369. The van der Waals surface area contributed by atoms with E-state index in [0.717, 1.165) is 0 Å². The Morgan fingerprint density at radius 3 is 2.48 bits per heavy atom. The standard InChI is InChI=1S/C14H27NO6/c1-6(2)5-8-11(18)9(15-4)13(10(17)7(3)16)21-12(8)14(19)20/h6-13,15-18H,5H2,1-4H3,(H,19,20)/i3D. The van der Waals surface area contributed by atoms with E-state index in [1.807, 2.05) is 13.8 Å². The number of carboxylic acid groups (broad SMARTS) is 1. The van der Waals surface area contributed by atoms with Crippen molar-refractivity contribution >= 4 is 5.97 Å². The van der Waals surface area contributed by atoms with Gasteiger partial charge in [0, 0.05) is 7.29 Å². The van der Waals surface area contributed by atoms with Crippen LogP contribution in [-0.2, 0) is 9.53 Å². The predicted molar refractivity (Wildman–Crippen MR) is 75.8 cm³/mol. The number of nitrogens with one attached hydrogen (secondary N) is 1. The summed E-state index contributed by atoms with van der Waals surface area (Å²) in [4.78, 5) is 11.5. The van der Waals surface area contributed by atoms with Gasteiger partial charge in [0.2, 0.25) is 0 Å². The van der Waals surface area contributed by atoms with Gasteiger partial charge in [0.05, 0.1) is 18.2 Å². The van der Waals surface area contributed by atoms with Crippen molar-refractivity contribution in [2.24, 2.45) is 11.8 Å². The summed E-state index contributed by atoms with van der Waals surface area (Å²) in [6.45, 7) is 3.40. The van der Waals surface area contributed by atoms with Crippen LogP contribution in [0.3, 0.4) is 0 Å². The van der Waals surface area contributed by atoms with Crippen LogP contribution in [0.2, 0.25) is 0 Å². The fourth-order valence-corrected chi connectivity index (χ4v) is 2.89. The number of hydrogen-bond acceptors (Lipinski definition) is 6. The number of aliphatic hydroxyl groups excluding tert-OH is 3. The molecule has 0 radical (unpaired) electrons. The van der Waals surface area contributed by atoms with Crippen molar-refractivity contribution in [2.75, 3.05) is 7.05 Å². The second-order valence-electron chi connectivity index (χ2n) is 6.02. The third-order valence-electron chi connectivity index (χ3n) is 3.90. The van der Waals surface area contributed by atoms with Crippen molar-refractivity contribution in [3.63, 3.8) is 0 Å². The number of likely N-dealkylation sites (N-methyl/N-ethyl adjacent to an activating group) is 1. The van der Waals surface area contributed by atoms with Crippen LogP contribution >= 0.6 is 0 Å². The number of aliphatic hydroxyl groups is 3. The lowest BCUT2D eigenvalue weighted by Gasteiger charge is -2.46. The molecule has 0 aromatic carbocycles. The predicted octanol–water partition coefficient (Wildman–Crippen LogP) is -0.809. The molecule has 1 saturated heterocycles. The normalized spacial score (nSPS) is 37.1. The fraction of sp³-hybridized carbons (Fsp3) is 0.929. The molecule has 1 heterocycles. The molecule has 0 aliphatic carbocycles. The molecule has 7 heteroatoms. The Morgan fingerprint density at radius 2 is 2.05 bits per heavy atom. The summed E-state index contributed by atoms with van der Waals surface area (Å²) in [5, 5.41) is 42.4. The number of rotatable bonds is 6. The van der Waals surface area contributed by atoms with Crippen LogP contribution in [0.5, 0.6) is 0 Å². The van der Waals surface area contributed by atoms with Crippen molar-refractivity contribution < 1.29 is 31.3 Å². The zero-order chi connectivity index (χ0) is 17.0. The lowest BCUT2D eigenvalue weighted by atomic mass is 9.78. The van der Waals surface area contributed by atoms with E-state index >= 15 is 0 Å². The molecule has 0 aromatic heterocycles. The van der Waals surface area contributed by atoms with Crippen LogP contribution < -0.4 is 5.32 Å². The van der Waals surface area contributed by atoms with Crippen LogP contribution in [0.15, 0.2) is 0 Å². The topological polar surface area (TPSA) is 119 Å². The van der Waals surface area contributed by atoms with Gasteiger partial charge in [0.1, 0.15) is 12.2 Å². The largest absolute Gasteiger partial charge is 0.479 e. The fourth-order valence-electron chi connectivity index (χ4n) is 2.89. The van der Waals surface area contributed by atoms with E-state index < -0.39 is 55.3 Å². The molecule has 7 atom stereocenters. The Hall–Kier alpha value is -0.730. The Kier molecular flexibility index (Phi) is 5.95. The highest BCUT2D eigenvalue weighted by atomic mass is 16.5. The smallest absolute Gasteiger partial charge is 0.333 e. The molecule has 1 rings (SSSR count). The van der Waals surface area contributed by atoms with Crippen LogP contribution in [0.25, 0.3) is 0 Å². The quantitative estimate of drug-likeness (QED) is 0.435. The van der Waals surface area contributed by atoms with Gasteiger partial charge in [-0.2, -0.15) is 0 Å². The minimum Gasteiger partial charge on any atom is -0.479 e. The van der Waals surface area contributed by atoms with E-state index in [-0.39, 0.29) is 5.92 Å². The molecule has 1 fully saturated rings. The molecule has 0 saturated carbocycles. The van der Waals surface area contributed by atoms with Crippen molar-refractivity contribution in [3.8, 4) is 0 Å². The molecule has 7 nitrogen and oxygen atoms in total. The summed E-state index contributed by atoms with van der Waals surface area (Å²) < 4.78 is 12.6. The maximum absolute atomic E-state index is 11.5. The monoisotopic (exact) mass is 306 g/mol. The molecule has 0 spiro atoms. The van der Waals surface area contributed by atoms with Gasteiger partial charge in [-0.15, -0.1) is 0 Å². The Morgan fingerprint density at radius 1 is 1.43 bits per heavy atom. The molecular weight excluding hydrogens is 278 g/mol. The third-order valence-corrected chi connectivity index (χ3v) is 3.90. The van der Waals surface area contributed by atoms with E-state index in [9.17, 15) is 25.2 Å². The van der Waals surface area contributed by atoms with Crippen molar-refractivity contribution in [1.29, 1.82) is 0 Å². The minimum atomic E-state index is -1.45. The van der Waals surface area contributed by atoms with Gasteiger partial charge in [0.25, 0.3) is 0 Å². The summed E-state index contributed by atoms with van der Waals surface area (Å²) >= 11 is 0. The number of hydrogen-bond donors (Lipinski definition) is 5. The first kappa shape index (κ1) is 16.6. The van der Waals surface area contributed by atoms with Crippen molar-refractivity contribution in [1.82, 2.24) is 5.32 Å². The van der Waals surface area contributed by atoms with Crippen LogP contribution in [-0.4, -0.2) is 70.0 Å². The third kappa shape index (κ3) is 4.14. The summed E-state index contributed by atoms with van der Waals surface area (Å²) in [7, 11) is 1.57. The molecule has 21 heavy (non-hydrogen) atoms. The molecule has 5 N–H and O–H groups in total. The van der Waals surface area contributed by atoms with Gasteiger partial charge < -0.3 is 30.5 Å². The second kappa shape index (κ2) is 7.51. The zero-order valence-corrected chi connectivity index (χ0v) is 12.6. The number of aliphatic carboxylic acids is 1. The maximum atomic E-state index is 11.5. The van der Waals surface area contributed by atoms with E-state index in [1.165, 1.54) is 0 Å². The SMILES string of the molecule is [2H]CC(O)C(O)C1OC(C(=O)O)C(CC(C)C)C(O)C1NC. The number of ether oxygens (including phenoxy) is 1. The summed E-state index contributed by atoms with van der Waals surface area (Å²) in [6.07, 6.45) is -5.78. The van der Waals surface area contributed by atoms with Crippen molar-refractivity contribution in [3.05, 3.63) is 0 Å². The van der Waals surface area contributed by atoms with Crippen LogP contribution in [0.4, 0.5) is 0 Å². The van der Waals surface area contributed by atoms with Gasteiger partial charge in [-0.1, -0.05) is 13.8 Å². The van der Waals surface area contributed by atoms with Gasteiger partial charge >= 0.3 is 5.97 Å². The molecular formula is C14H27NO6. The Labute approximate surface area is 126 Å². The zero-order valence-electron chi connectivity index (χ0n) is 13.6. The highest BCUT2D eigenvalue weighted by Gasteiger charge is 2.50. The molecule has 7 unspecified atom stereocenters. The molecule has 0 amide bonds. The van der Waals surface area contributed by atoms with Gasteiger partial charge in [-0.25, -0.2) is 4.79 Å². The summed E-state index contributed by atoms with van der Waals surface area (Å²) in [5.41, 5.74) is 0. The Balaban J connectivity index is 3.05.